The number of benzene rings is 2. The van der Waals surface area contributed by atoms with Gasteiger partial charge in [0.15, 0.2) is 0 Å². The summed E-state index contributed by atoms with van der Waals surface area (Å²) in [5, 5.41) is 2.84. The van der Waals surface area contributed by atoms with Crippen molar-refractivity contribution in [2.45, 2.75) is 6.54 Å². The number of amides is 1. The summed E-state index contributed by atoms with van der Waals surface area (Å²) in [6, 6.07) is 17.4. The first-order valence-electron chi connectivity index (χ1n) is 6.42. The van der Waals surface area contributed by atoms with Gasteiger partial charge in [-0.15, -0.1) is 0 Å². The van der Waals surface area contributed by atoms with Crippen molar-refractivity contribution >= 4 is 12.0 Å². The first kappa shape index (κ1) is 13.9. The summed E-state index contributed by atoms with van der Waals surface area (Å²) in [5.41, 5.74) is 1.96. The van der Waals surface area contributed by atoms with E-state index in [0.717, 1.165) is 16.9 Å². The molecule has 0 unspecified atom stereocenters. The molecule has 3 heteroatoms. The number of nitrogens with one attached hydrogen (secondary N) is 1. The zero-order valence-electron chi connectivity index (χ0n) is 11.4. The molecule has 0 radical (unpaired) electrons. The Hall–Kier alpha value is -2.55. The summed E-state index contributed by atoms with van der Waals surface area (Å²) in [6.07, 6.45) is 3.26. The molecule has 0 bridgehead atoms. The van der Waals surface area contributed by atoms with Crippen LogP contribution in [-0.4, -0.2) is 13.0 Å². The van der Waals surface area contributed by atoms with E-state index in [9.17, 15) is 4.79 Å². The normalized spacial score (nSPS) is 10.4. The maximum atomic E-state index is 11.8. The highest BCUT2D eigenvalue weighted by Crippen LogP contribution is 2.18. The summed E-state index contributed by atoms with van der Waals surface area (Å²) >= 11 is 0. The molecule has 0 aromatic heterocycles. The second-order valence-corrected chi connectivity index (χ2v) is 4.28. The molecule has 3 nitrogen and oxygen atoms in total. The molecule has 0 fully saturated rings. The minimum Gasteiger partial charge on any atom is -0.496 e. The summed E-state index contributed by atoms with van der Waals surface area (Å²) in [6.45, 7) is 0.524. The van der Waals surface area contributed by atoms with Crippen molar-refractivity contribution in [2.24, 2.45) is 0 Å². The van der Waals surface area contributed by atoms with Crippen LogP contribution in [0.25, 0.3) is 6.08 Å². The van der Waals surface area contributed by atoms with Gasteiger partial charge in [0.1, 0.15) is 5.75 Å². The summed E-state index contributed by atoms with van der Waals surface area (Å²) in [4.78, 5) is 11.8. The molecule has 2 rings (SSSR count). The van der Waals surface area contributed by atoms with Gasteiger partial charge in [-0.2, -0.15) is 0 Å². The van der Waals surface area contributed by atoms with E-state index >= 15 is 0 Å². The molecule has 0 saturated heterocycles. The molecule has 2 aromatic rings. The van der Waals surface area contributed by atoms with Crippen LogP contribution in [-0.2, 0) is 11.3 Å². The van der Waals surface area contributed by atoms with Crippen molar-refractivity contribution in [3.05, 3.63) is 71.8 Å². The van der Waals surface area contributed by atoms with Crippen LogP contribution in [0.3, 0.4) is 0 Å². The molecule has 0 atom stereocenters. The average molecular weight is 267 g/mol. The van der Waals surface area contributed by atoms with Crippen LogP contribution in [0.5, 0.6) is 5.75 Å². The zero-order chi connectivity index (χ0) is 14.2. The van der Waals surface area contributed by atoms with E-state index in [1.165, 1.54) is 6.08 Å². The molecule has 0 aliphatic heterocycles. The van der Waals surface area contributed by atoms with Gasteiger partial charge in [0.05, 0.1) is 7.11 Å². The smallest absolute Gasteiger partial charge is 0.244 e. The molecular weight excluding hydrogens is 250 g/mol. The van der Waals surface area contributed by atoms with E-state index in [1.807, 2.05) is 54.6 Å². The number of ether oxygens (including phenoxy) is 1. The van der Waals surface area contributed by atoms with Crippen molar-refractivity contribution in [1.29, 1.82) is 0 Å². The Morgan fingerprint density at radius 2 is 1.80 bits per heavy atom. The topological polar surface area (TPSA) is 38.3 Å². The number of hydrogen-bond donors (Lipinski definition) is 1. The lowest BCUT2D eigenvalue weighted by atomic mass is 10.2. The highest BCUT2D eigenvalue weighted by Gasteiger charge is 1.99. The van der Waals surface area contributed by atoms with E-state index in [0.29, 0.717) is 6.54 Å². The SMILES string of the molecule is COc1ccccc1/C=C/C(=O)NCc1ccccc1. The lowest BCUT2D eigenvalue weighted by Gasteiger charge is -2.04. The van der Waals surface area contributed by atoms with Crippen LogP contribution in [0, 0.1) is 0 Å². The Balaban J connectivity index is 1.92. The van der Waals surface area contributed by atoms with Gasteiger partial charge in [0, 0.05) is 18.2 Å². The van der Waals surface area contributed by atoms with E-state index in [-0.39, 0.29) is 5.91 Å². The molecular formula is C17H17NO2. The standard InChI is InChI=1S/C17H17NO2/c1-20-16-10-6-5-9-15(16)11-12-17(19)18-13-14-7-3-2-4-8-14/h2-12H,13H2,1H3,(H,18,19)/b12-11+. The molecule has 0 heterocycles. The van der Waals surface area contributed by atoms with Gasteiger partial charge in [-0.25, -0.2) is 0 Å². The number of carbonyl (C=O) groups excluding carboxylic acids is 1. The van der Waals surface area contributed by atoms with Crippen LogP contribution < -0.4 is 10.1 Å². The average Bonchev–Trinajstić information content (AvgIpc) is 2.52. The van der Waals surface area contributed by atoms with Crippen LogP contribution in [0.1, 0.15) is 11.1 Å². The molecule has 0 spiro atoms. The lowest BCUT2D eigenvalue weighted by Crippen LogP contribution is -2.20. The summed E-state index contributed by atoms with van der Waals surface area (Å²) in [5.74, 6) is 0.624. The Morgan fingerprint density at radius 1 is 1.10 bits per heavy atom. The first-order chi connectivity index (χ1) is 9.79. The van der Waals surface area contributed by atoms with Gasteiger partial charge in [-0.3, -0.25) is 4.79 Å². The van der Waals surface area contributed by atoms with Crippen molar-refractivity contribution in [3.63, 3.8) is 0 Å². The lowest BCUT2D eigenvalue weighted by molar-refractivity contribution is -0.116. The minimum atomic E-state index is -0.125. The summed E-state index contributed by atoms with van der Waals surface area (Å²) < 4.78 is 5.22. The maximum absolute atomic E-state index is 11.8. The van der Waals surface area contributed by atoms with E-state index in [1.54, 1.807) is 13.2 Å². The second-order valence-electron chi connectivity index (χ2n) is 4.28. The van der Waals surface area contributed by atoms with Gasteiger partial charge < -0.3 is 10.1 Å². The number of hydrogen-bond acceptors (Lipinski definition) is 2. The fraction of sp³-hybridized carbons (Fsp3) is 0.118. The van der Waals surface area contributed by atoms with Crippen molar-refractivity contribution in [2.75, 3.05) is 7.11 Å². The number of carbonyl (C=O) groups is 1. The van der Waals surface area contributed by atoms with Gasteiger partial charge >= 0.3 is 0 Å². The highest BCUT2D eigenvalue weighted by atomic mass is 16.5. The Morgan fingerprint density at radius 3 is 2.55 bits per heavy atom. The molecule has 0 aliphatic carbocycles. The Bertz CT molecular complexity index is 591. The minimum absolute atomic E-state index is 0.125. The van der Waals surface area contributed by atoms with E-state index < -0.39 is 0 Å². The number of para-hydroxylation sites is 1. The van der Waals surface area contributed by atoms with Crippen LogP contribution in [0.15, 0.2) is 60.7 Å². The van der Waals surface area contributed by atoms with Gasteiger partial charge in [-0.1, -0.05) is 48.5 Å². The molecule has 1 amide bonds. The van der Waals surface area contributed by atoms with Crippen molar-refractivity contribution in [1.82, 2.24) is 5.32 Å². The van der Waals surface area contributed by atoms with Crippen LogP contribution >= 0.6 is 0 Å². The predicted octanol–water partition coefficient (Wildman–Crippen LogP) is 3.02. The molecule has 0 aliphatic rings. The fourth-order valence-corrected chi connectivity index (χ4v) is 1.81. The van der Waals surface area contributed by atoms with Gasteiger partial charge in [0.25, 0.3) is 0 Å². The second kappa shape index (κ2) is 7.14. The molecule has 1 N–H and O–H groups in total. The third kappa shape index (κ3) is 3.99. The van der Waals surface area contributed by atoms with Crippen molar-refractivity contribution < 1.29 is 9.53 Å². The number of rotatable bonds is 5. The van der Waals surface area contributed by atoms with E-state index in [4.69, 9.17) is 4.74 Å². The van der Waals surface area contributed by atoms with Crippen LogP contribution in [0.2, 0.25) is 0 Å². The highest BCUT2D eigenvalue weighted by molar-refractivity contribution is 5.92. The predicted molar refractivity (Wildman–Crippen MR) is 80.3 cm³/mol. The van der Waals surface area contributed by atoms with E-state index in [2.05, 4.69) is 5.32 Å². The zero-order valence-corrected chi connectivity index (χ0v) is 11.4. The largest absolute Gasteiger partial charge is 0.496 e. The number of methoxy groups -OCH3 is 1. The quantitative estimate of drug-likeness (QED) is 0.846. The first-order valence-corrected chi connectivity index (χ1v) is 6.42. The monoisotopic (exact) mass is 267 g/mol. The summed E-state index contributed by atoms with van der Waals surface area (Å²) in [7, 11) is 1.61. The Labute approximate surface area is 118 Å². The molecule has 0 saturated carbocycles. The third-order valence-electron chi connectivity index (χ3n) is 2.86. The third-order valence-corrected chi connectivity index (χ3v) is 2.86. The fourth-order valence-electron chi connectivity index (χ4n) is 1.81. The Kier molecular flexibility index (Phi) is 4.95. The molecule has 20 heavy (non-hydrogen) atoms. The van der Waals surface area contributed by atoms with Crippen LogP contribution in [0.4, 0.5) is 0 Å². The van der Waals surface area contributed by atoms with Gasteiger partial charge in [0.2, 0.25) is 5.91 Å². The molecule has 102 valence electrons. The maximum Gasteiger partial charge on any atom is 0.244 e. The van der Waals surface area contributed by atoms with Gasteiger partial charge in [-0.05, 0) is 17.7 Å². The molecule has 2 aromatic carbocycles. The van der Waals surface area contributed by atoms with Crippen molar-refractivity contribution in [3.8, 4) is 5.75 Å².